The van der Waals surface area contributed by atoms with Gasteiger partial charge in [0.25, 0.3) is 0 Å². The Morgan fingerprint density at radius 1 is 0.400 bits per heavy atom. The summed E-state index contributed by atoms with van der Waals surface area (Å²) in [5, 5.41) is 0. The van der Waals surface area contributed by atoms with E-state index in [1.807, 2.05) is 0 Å². The van der Waals surface area contributed by atoms with Crippen LogP contribution in [0.5, 0.6) is 0 Å². The van der Waals surface area contributed by atoms with Crippen LogP contribution in [-0.2, 0) is 16.4 Å². The first-order valence-corrected chi connectivity index (χ1v) is 0. The molecule has 5 heavy (non-hydrogen) atoms. The van der Waals surface area contributed by atoms with Gasteiger partial charge in [-0.25, -0.2) is 0 Å². The zero-order valence-electron chi connectivity index (χ0n) is 2.22. The van der Waals surface area contributed by atoms with Crippen LogP contribution in [0, 0.1) is 83.5 Å². The summed E-state index contributed by atoms with van der Waals surface area (Å²) >= 11 is 0. The van der Waals surface area contributed by atoms with E-state index in [0.717, 1.165) is 0 Å². The Hall–Kier alpha value is 2.63. The summed E-state index contributed by atoms with van der Waals surface area (Å²) in [7, 11) is 0. The van der Waals surface area contributed by atoms with Crippen molar-refractivity contribution in [2.45, 2.75) is 0 Å². The van der Waals surface area contributed by atoms with Gasteiger partial charge in [-0.1, -0.05) is 0 Å². The van der Waals surface area contributed by atoms with Crippen molar-refractivity contribution in [1.29, 1.82) is 0 Å². The smallest absolute Gasteiger partial charge is 2.00 e. The van der Waals surface area contributed by atoms with Crippen LogP contribution in [0.15, 0.2) is 0 Å². The van der Waals surface area contributed by atoms with Gasteiger partial charge < -0.3 is 16.4 Å². The van der Waals surface area contributed by atoms with Gasteiger partial charge in [0, 0.05) is 0 Å². The van der Waals surface area contributed by atoms with Gasteiger partial charge in [-0.2, -0.15) is 0 Å². The molecule has 0 aliphatic carbocycles. The molecule has 0 N–H and O–H groups in total. The second-order valence-electron chi connectivity index (χ2n) is 0. The van der Waals surface area contributed by atoms with Crippen molar-refractivity contribution in [2.24, 2.45) is 0 Å². The van der Waals surface area contributed by atoms with E-state index in [0.29, 0.717) is 0 Å². The summed E-state index contributed by atoms with van der Waals surface area (Å²) in [6.07, 6.45) is 0. The average Bonchev–Trinajstić information content (AvgIpc) is 0. The summed E-state index contributed by atoms with van der Waals surface area (Å²) in [5.74, 6) is 0. The third-order valence-electron chi connectivity index (χ3n) is 0. The van der Waals surface area contributed by atoms with Crippen LogP contribution in [0.4, 0.5) is 0 Å². The van der Waals surface area contributed by atoms with Gasteiger partial charge in [0.15, 0.2) is 0 Å². The number of rotatable bonds is 0. The Morgan fingerprint density at radius 3 is 0.400 bits per heavy atom. The molecule has 0 heterocycles. The normalized spacial score (nSPS) is 0. The van der Waals surface area contributed by atoms with E-state index in [1.165, 1.54) is 0 Å². The molecule has 0 fully saturated rings. The zero-order valence-corrected chi connectivity index (χ0v) is 8.50. The Morgan fingerprint density at radius 2 is 0.400 bits per heavy atom. The van der Waals surface area contributed by atoms with Gasteiger partial charge in [-0.05, 0) is 0 Å². The Labute approximate surface area is 97.6 Å². The predicted octanol–water partition coefficient (Wildman–Crippen LogP) is -0.356. The summed E-state index contributed by atoms with van der Waals surface area (Å²) < 4.78 is 0. The molecule has 0 aromatic heterocycles. The van der Waals surface area contributed by atoms with E-state index >= 15 is 0 Å². The first-order valence-electron chi connectivity index (χ1n) is 0. The maximum absolute atomic E-state index is 0. The fraction of sp³-hybridized carbons (Fsp3) is 0. The Balaban J connectivity index is 0. The van der Waals surface area contributed by atoms with Gasteiger partial charge in [-0.3, -0.25) is 0 Å². The molecule has 0 saturated heterocycles. The van der Waals surface area contributed by atoms with E-state index in [9.17, 15) is 0 Å². The standard InChI is InChI=1S/2Ce.3O/q2*+3;3*-2/i2*1+4;;;. The second-order valence-corrected chi connectivity index (χ2v) is 0. The molecule has 0 aliphatic heterocycles. The predicted molar refractivity (Wildman–Crippen MR) is 2.06 cm³/mol. The maximum atomic E-state index is 0. The minimum atomic E-state index is 0. The number of hydrogen-bond donors (Lipinski definition) is 0. The molecule has 0 aliphatic rings. The summed E-state index contributed by atoms with van der Waals surface area (Å²) in [4.78, 5) is 0. The van der Waals surface area contributed by atoms with Crippen molar-refractivity contribution in [3.8, 4) is 0 Å². The van der Waals surface area contributed by atoms with E-state index in [1.54, 1.807) is 0 Å². The topological polar surface area (TPSA) is 85.5 Å². The van der Waals surface area contributed by atoms with Crippen molar-refractivity contribution in [1.82, 2.24) is 0 Å². The minimum absolute atomic E-state index is 0. The molecule has 5 heteroatoms. The largest absolute Gasteiger partial charge is 3.00 e. The molecule has 0 bridgehead atoms. The van der Waals surface area contributed by atoms with E-state index in [-0.39, 0.29) is 99.9 Å². The van der Waals surface area contributed by atoms with Crippen LogP contribution in [0.3, 0.4) is 0 Å². The average molecular weight is 336 g/mol. The molecular formula is Ce2O3. The Bertz CT molecular complexity index is 4.85. The molecule has 26 valence electrons. The van der Waals surface area contributed by atoms with Crippen LogP contribution >= 0.6 is 0 Å². The number of hydrogen-bond acceptors (Lipinski definition) is 0. The van der Waals surface area contributed by atoms with E-state index in [2.05, 4.69) is 0 Å². The van der Waals surface area contributed by atoms with E-state index < -0.39 is 0 Å². The molecule has 0 unspecified atom stereocenters. The van der Waals surface area contributed by atoms with Crippen LogP contribution in [0.25, 0.3) is 0 Å². The first-order chi connectivity index (χ1) is 0. The molecule has 0 atom stereocenters. The molecule has 0 spiro atoms. The molecule has 0 aromatic carbocycles. The van der Waals surface area contributed by atoms with Gasteiger partial charge in [0.1, 0.15) is 0 Å². The van der Waals surface area contributed by atoms with Crippen LogP contribution in [-0.4, -0.2) is 0 Å². The summed E-state index contributed by atoms with van der Waals surface area (Å²) in [6, 6.07) is 0. The zero-order chi connectivity index (χ0) is 0. The van der Waals surface area contributed by atoms with Crippen molar-refractivity contribution in [2.75, 3.05) is 0 Å². The third kappa shape index (κ3) is 20.5. The molecular weight excluding hydrogens is 336 g/mol. The summed E-state index contributed by atoms with van der Waals surface area (Å²) in [5.41, 5.74) is 0. The van der Waals surface area contributed by atoms with Crippen LogP contribution in [0.2, 0.25) is 0 Å². The first kappa shape index (κ1) is 48.4. The fourth-order valence-corrected chi connectivity index (χ4v) is 0. The summed E-state index contributed by atoms with van der Waals surface area (Å²) in [6.45, 7) is 0. The maximum Gasteiger partial charge on any atom is 3.00 e. The third-order valence-corrected chi connectivity index (χ3v) is 0. The Kier molecular flexibility index (Phi) is 294. The SMILES string of the molecule is [144Ce+3].[144Ce+3].[O-2].[O-2].[O-2]. The molecule has 0 aromatic rings. The van der Waals surface area contributed by atoms with Gasteiger partial charge in [-0.15, -0.1) is 0 Å². The molecule has 0 amide bonds. The van der Waals surface area contributed by atoms with Crippen molar-refractivity contribution in [3.05, 3.63) is 0 Å². The van der Waals surface area contributed by atoms with Gasteiger partial charge >= 0.3 is 83.5 Å². The molecule has 3 nitrogen and oxygen atoms in total. The van der Waals surface area contributed by atoms with Gasteiger partial charge in [0.05, 0.1) is 0 Å². The van der Waals surface area contributed by atoms with Crippen molar-refractivity contribution in [3.63, 3.8) is 0 Å². The monoisotopic (exact) mass is 336 g/mol. The molecule has 0 saturated carbocycles. The second kappa shape index (κ2) is 30.4. The van der Waals surface area contributed by atoms with E-state index in [4.69, 9.17) is 0 Å². The fourth-order valence-electron chi connectivity index (χ4n) is 0. The van der Waals surface area contributed by atoms with Gasteiger partial charge in [0.2, 0.25) is 0 Å². The van der Waals surface area contributed by atoms with Crippen LogP contribution < -0.4 is 0 Å². The minimum Gasteiger partial charge on any atom is -2.00 e. The van der Waals surface area contributed by atoms with Crippen molar-refractivity contribution >= 4 is 0 Å². The molecule has 0 rings (SSSR count). The van der Waals surface area contributed by atoms with Crippen LogP contribution in [0.1, 0.15) is 0 Å². The molecule has 2 radical (unpaired) electrons. The van der Waals surface area contributed by atoms with Crippen molar-refractivity contribution < 1.29 is 99.9 Å². The quantitative estimate of drug-likeness (QED) is 0.579.